The highest BCUT2D eigenvalue weighted by Crippen LogP contribution is 2.30. The summed E-state index contributed by atoms with van der Waals surface area (Å²) in [6.07, 6.45) is 0. The zero-order chi connectivity index (χ0) is 12.6. The van der Waals surface area contributed by atoms with Crippen molar-refractivity contribution in [2.24, 2.45) is 0 Å². The fourth-order valence-corrected chi connectivity index (χ4v) is 2.29. The SMILES string of the molecule is OCc1n[nH]c(=S)n1-c1c(Cl)cc(F)cc1Cl. The first kappa shape index (κ1) is 12.5. The number of nitrogens with zero attached hydrogens (tertiary/aromatic N) is 2. The Morgan fingerprint density at radius 3 is 2.53 bits per heavy atom. The van der Waals surface area contributed by atoms with Crippen LogP contribution in [0.4, 0.5) is 4.39 Å². The van der Waals surface area contributed by atoms with Crippen molar-refractivity contribution in [3.05, 3.63) is 38.6 Å². The first-order valence-corrected chi connectivity index (χ1v) is 5.63. The summed E-state index contributed by atoms with van der Waals surface area (Å²) >= 11 is 16.8. The van der Waals surface area contributed by atoms with Gasteiger partial charge < -0.3 is 5.11 Å². The molecule has 1 aromatic carbocycles. The molecule has 0 radical (unpaired) electrons. The third kappa shape index (κ3) is 2.21. The maximum Gasteiger partial charge on any atom is 0.200 e. The fourth-order valence-electron chi connectivity index (χ4n) is 1.41. The minimum atomic E-state index is -0.552. The third-order valence-electron chi connectivity index (χ3n) is 2.09. The van der Waals surface area contributed by atoms with Crippen LogP contribution in [-0.2, 0) is 6.61 Å². The van der Waals surface area contributed by atoms with Gasteiger partial charge in [-0.1, -0.05) is 23.2 Å². The zero-order valence-corrected chi connectivity index (χ0v) is 10.6. The summed E-state index contributed by atoms with van der Waals surface area (Å²) in [5.41, 5.74) is 0.289. The normalized spacial score (nSPS) is 10.8. The van der Waals surface area contributed by atoms with Crippen LogP contribution >= 0.6 is 35.4 Å². The van der Waals surface area contributed by atoms with Gasteiger partial charge in [-0.05, 0) is 24.4 Å². The number of aliphatic hydroxyl groups is 1. The van der Waals surface area contributed by atoms with Gasteiger partial charge in [-0.2, -0.15) is 5.10 Å². The molecule has 0 unspecified atom stereocenters. The van der Waals surface area contributed by atoms with E-state index in [1.165, 1.54) is 4.57 Å². The maximum absolute atomic E-state index is 13.1. The van der Waals surface area contributed by atoms with Crippen molar-refractivity contribution in [3.8, 4) is 5.69 Å². The quantitative estimate of drug-likeness (QED) is 0.837. The smallest absolute Gasteiger partial charge is 0.200 e. The molecule has 4 nitrogen and oxygen atoms in total. The van der Waals surface area contributed by atoms with E-state index in [4.69, 9.17) is 40.5 Å². The van der Waals surface area contributed by atoms with Gasteiger partial charge in [-0.25, -0.2) is 4.39 Å². The highest BCUT2D eigenvalue weighted by atomic mass is 35.5. The molecule has 0 saturated heterocycles. The van der Waals surface area contributed by atoms with Gasteiger partial charge in [0.25, 0.3) is 0 Å². The van der Waals surface area contributed by atoms with Crippen LogP contribution in [0.15, 0.2) is 12.1 Å². The van der Waals surface area contributed by atoms with Gasteiger partial charge in [0, 0.05) is 0 Å². The lowest BCUT2D eigenvalue weighted by atomic mass is 10.3. The van der Waals surface area contributed by atoms with Crippen molar-refractivity contribution in [1.82, 2.24) is 14.8 Å². The molecule has 0 spiro atoms. The van der Waals surface area contributed by atoms with Gasteiger partial charge in [-0.3, -0.25) is 9.67 Å². The van der Waals surface area contributed by atoms with E-state index in [1.807, 2.05) is 0 Å². The van der Waals surface area contributed by atoms with E-state index in [9.17, 15) is 4.39 Å². The van der Waals surface area contributed by atoms with Crippen LogP contribution in [-0.4, -0.2) is 19.9 Å². The molecule has 1 heterocycles. The standard InChI is InChI=1S/C9H6Cl2FN3OS/c10-5-1-4(12)2-6(11)8(5)15-7(3-16)13-14-9(15)17/h1-2,16H,3H2,(H,14,17). The average Bonchev–Trinajstić information content (AvgIpc) is 2.59. The van der Waals surface area contributed by atoms with E-state index in [2.05, 4.69) is 10.2 Å². The molecule has 2 aromatic rings. The van der Waals surface area contributed by atoms with Gasteiger partial charge in [0.1, 0.15) is 12.4 Å². The molecule has 8 heteroatoms. The molecule has 0 aliphatic rings. The van der Waals surface area contributed by atoms with Gasteiger partial charge in [-0.15, -0.1) is 0 Å². The summed E-state index contributed by atoms with van der Waals surface area (Å²) in [4.78, 5) is 0. The van der Waals surface area contributed by atoms with Crippen LogP contribution < -0.4 is 0 Å². The lowest BCUT2D eigenvalue weighted by Gasteiger charge is -2.09. The van der Waals surface area contributed by atoms with Crippen LogP contribution in [0.2, 0.25) is 10.0 Å². The number of nitrogens with one attached hydrogen (secondary N) is 1. The highest BCUT2D eigenvalue weighted by Gasteiger charge is 2.15. The third-order valence-corrected chi connectivity index (χ3v) is 2.94. The Morgan fingerprint density at radius 1 is 1.41 bits per heavy atom. The minimum absolute atomic E-state index is 0.0854. The van der Waals surface area contributed by atoms with Crippen LogP contribution in [0.5, 0.6) is 0 Å². The summed E-state index contributed by atoms with van der Waals surface area (Å²) in [5.74, 6) is -0.310. The number of aromatic nitrogens is 3. The molecule has 0 atom stereocenters. The van der Waals surface area contributed by atoms with Crippen molar-refractivity contribution in [3.63, 3.8) is 0 Å². The number of halogens is 3. The van der Waals surface area contributed by atoms with Gasteiger partial charge in [0.15, 0.2) is 10.6 Å². The lowest BCUT2D eigenvalue weighted by molar-refractivity contribution is 0.269. The van der Waals surface area contributed by atoms with E-state index in [0.29, 0.717) is 0 Å². The van der Waals surface area contributed by atoms with Gasteiger partial charge >= 0.3 is 0 Å². The second kappa shape index (κ2) is 4.73. The Kier molecular flexibility index (Phi) is 3.48. The van der Waals surface area contributed by atoms with E-state index in [0.717, 1.165) is 12.1 Å². The Balaban J connectivity index is 2.77. The maximum atomic E-state index is 13.1. The highest BCUT2D eigenvalue weighted by molar-refractivity contribution is 7.71. The number of benzene rings is 1. The summed E-state index contributed by atoms with van der Waals surface area (Å²) in [6.45, 7) is -0.350. The molecule has 17 heavy (non-hydrogen) atoms. The summed E-state index contributed by atoms with van der Waals surface area (Å²) in [7, 11) is 0. The number of hydrogen-bond donors (Lipinski definition) is 2. The number of aliphatic hydroxyl groups excluding tert-OH is 1. The molecule has 0 aliphatic heterocycles. The minimum Gasteiger partial charge on any atom is -0.388 e. The second-order valence-corrected chi connectivity index (χ2v) is 4.36. The fraction of sp³-hybridized carbons (Fsp3) is 0.111. The topological polar surface area (TPSA) is 53.8 Å². The van der Waals surface area contributed by atoms with Crippen LogP contribution in [0.3, 0.4) is 0 Å². The predicted octanol–water partition coefficient (Wildman–Crippen LogP) is 2.87. The van der Waals surface area contributed by atoms with Gasteiger partial charge in [0.05, 0.1) is 15.7 Å². The van der Waals surface area contributed by atoms with Crippen LogP contribution in [0, 0.1) is 10.6 Å². The average molecular weight is 294 g/mol. The first-order chi connectivity index (χ1) is 8.04. The summed E-state index contributed by atoms with van der Waals surface area (Å²) < 4.78 is 14.6. The molecule has 0 fully saturated rings. The Hall–Kier alpha value is -0.950. The lowest BCUT2D eigenvalue weighted by Crippen LogP contribution is -2.03. The molecule has 0 saturated carbocycles. The number of aromatic amines is 1. The Bertz CT molecular complexity index is 602. The van der Waals surface area contributed by atoms with E-state index >= 15 is 0 Å². The van der Waals surface area contributed by atoms with Crippen molar-refractivity contribution in [1.29, 1.82) is 0 Å². The molecule has 2 rings (SSSR count). The molecule has 2 N–H and O–H groups in total. The molecular formula is C9H6Cl2FN3OS. The summed E-state index contributed by atoms with van der Waals surface area (Å²) in [6, 6.07) is 2.22. The van der Waals surface area contributed by atoms with Crippen molar-refractivity contribution in [2.75, 3.05) is 0 Å². The Labute approximate surface area is 111 Å². The van der Waals surface area contributed by atoms with E-state index < -0.39 is 5.82 Å². The monoisotopic (exact) mass is 293 g/mol. The second-order valence-electron chi connectivity index (χ2n) is 3.16. The molecule has 0 bridgehead atoms. The number of H-pyrrole nitrogens is 1. The first-order valence-electron chi connectivity index (χ1n) is 4.46. The van der Waals surface area contributed by atoms with Crippen molar-refractivity contribution in [2.45, 2.75) is 6.61 Å². The number of rotatable bonds is 2. The van der Waals surface area contributed by atoms with Crippen LogP contribution in [0.1, 0.15) is 5.82 Å². The molecule has 0 aliphatic carbocycles. The van der Waals surface area contributed by atoms with Crippen LogP contribution in [0.25, 0.3) is 5.69 Å². The largest absolute Gasteiger partial charge is 0.388 e. The summed E-state index contributed by atoms with van der Waals surface area (Å²) in [5, 5.41) is 15.6. The zero-order valence-electron chi connectivity index (χ0n) is 8.25. The molecular weight excluding hydrogens is 288 g/mol. The Morgan fingerprint density at radius 2 is 2.00 bits per heavy atom. The van der Waals surface area contributed by atoms with Gasteiger partial charge in [0.2, 0.25) is 0 Å². The number of hydrogen-bond acceptors (Lipinski definition) is 3. The van der Waals surface area contributed by atoms with Crippen molar-refractivity contribution < 1.29 is 9.50 Å². The molecule has 1 aromatic heterocycles. The molecule has 90 valence electrons. The van der Waals surface area contributed by atoms with E-state index in [-0.39, 0.29) is 32.9 Å². The van der Waals surface area contributed by atoms with E-state index in [1.54, 1.807) is 0 Å². The predicted molar refractivity (Wildman–Crippen MR) is 64.6 cm³/mol. The van der Waals surface area contributed by atoms with Crippen molar-refractivity contribution >= 4 is 35.4 Å². The molecule has 0 amide bonds.